The number of rotatable bonds is 2. The Labute approximate surface area is 127 Å². The fourth-order valence-electron chi connectivity index (χ4n) is 3.53. The largest absolute Gasteiger partial charge is 0.364 e. The van der Waals surface area contributed by atoms with Gasteiger partial charge >= 0.3 is 0 Å². The van der Waals surface area contributed by atoms with Gasteiger partial charge in [-0.2, -0.15) is 0 Å². The van der Waals surface area contributed by atoms with Crippen LogP contribution in [0.15, 0.2) is 35.4 Å². The minimum Gasteiger partial charge on any atom is -0.364 e. The lowest BCUT2D eigenvalue weighted by Gasteiger charge is -2.25. The molecule has 2 aliphatic heterocycles. The Kier molecular flexibility index (Phi) is 3.25. The summed E-state index contributed by atoms with van der Waals surface area (Å²) in [7, 11) is 0. The van der Waals surface area contributed by atoms with Crippen molar-refractivity contribution in [3.05, 3.63) is 40.9 Å². The summed E-state index contributed by atoms with van der Waals surface area (Å²) in [5.74, 6) is -1.30. The smallest absolute Gasteiger partial charge is 0.261 e. The molecule has 3 heterocycles. The van der Waals surface area contributed by atoms with E-state index in [1.807, 2.05) is 12.1 Å². The number of aromatic nitrogens is 2. The molecule has 3 atom stereocenters. The molecule has 1 aromatic heterocycles. The molecule has 2 N–H and O–H groups in total. The van der Waals surface area contributed by atoms with Gasteiger partial charge in [-0.25, -0.2) is 4.98 Å². The van der Waals surface area contributed by atoms with Crippen molar-refractivity contribution in [2.75, 3.05) is 6.54 Å². The van der Waals surface area contributed by atoms with Gasteiger partial charge in [-0.15, -0.1) is 0 Å². The van der Waals surface area contributed by atoms with Gasteiger partial charge in [0, 0.05) is 12.5 Å². The molecule has 2 fully saturated rings. The fraction of sp³-hybridized carbons (Fsp3) is 0.500. The van der Waals surface area contributed by atoms with E-state index in [0.717, 1.165) is 19.4 Å². The van der Waals surface area contributed by atoms with Crippen LogP contribution in [-0.4, -0.2) is 39.1 Å². The highest BCUT2D eigenvalue weighted by Gasteiger charge is 2.46. The summed E-state index contributed by atoms with van der Waals surface area (Å²) in [6.07, 6.45) is 4.01. The van der Waals surface area contributed by atoms with Crippen molar-refractivity contribution in [3.8, 4) is 0 Å². The van der Waals surface area contributed by atoms with E-state index in [1.54, 1.807) is 12.1 Å². The molecule has 0 unspecified atom stereocenters. The first-order chi connectivity index (χ1) is 10.6. The number of para-hydroxylation sites is 1. The first-order valence-corrected chi connectivity index (χ1v) is 7.72. The molecule has 4 rings (SSSR count). The molecule has 2 aromatic rings. The van der Waals surface area contributed by atoms with Crippen molar-refractivity contribution in [1.29, 1.82) is 0 Å². The highest BCUT2D eigenvalue weighted by atomic mass is 16.6. The Hall–Kier alpha value is -1.76. The van der Waals surface area contributed by atoms with Gasteiger partial charge in [0.2, 0.25) is 0 Å². The van der Waals surface area contributed by atoms with Gasteiger partial charge in [-0.3, -0.25) is 9.36 Å². The zero-order valence-corrected chi connectivity index (χ0v) is 12.2. The van der Waals surface area contributed by atoms with Crippen molar-refractivity contribution in [3.63, 3.8) is 0 Å². The van der Waals surface area contributed by atoms with Gasteiger partial charge in [-0.05, 0) is 31.5 Å². The minimum atomic E-state index is -1.30. The third kappa shape index (κ3) is 2.33. The summed E-state index contributed by atoms with van der Waals surface area (Å²) >= 11 is 0. The second-order valence-corrected chi connectivity index (χ2v) is 6.20. The summed E-state index contributed by atoms with van der Waals surface area (Å²) < 4.78 is 7.27. The van der Waals surface area contributed by atoms with Crippen LogP contribution in [0.3, 0.4) is 0 Å². The summed E-state index contributed by atoms with van der Waals surface area (Å²) in [5, 5.41) is 14.7. The van der Waals surface area contributed by atoms with Gasteiger partial charge in [0.05, 0.1) is 29.9 Å². The Balaban J connectivity index is 1.63. The van der Waals surface area contributed by atoms with Crippen molar-refractivity contribution in [2.45, 2.75) is 43.7 Å². The highest BCUT2D eigenvalue weighted by Crippen LogP contribution is 2.33. The molecule has 0 spiro atoms. The van der Waals surface area contributed by atoms with Gasteiger partial charge in [0.25, 0.3) is 5.56 Å². The third-order valence-corrected chi connectivity index (χ3v) is 4.58. The van der Waals surface area contributed by atoms with Crippen molar-refractivity contribution >= 4 is 10.9 Å². The molecule has 22 heavy (non-hydrogen) atoms. The Morgan fingerprint density at radius 2 is 2.32 bits per heavy atom. The monoisotopic (exact) mass is 301 g/mol. The molecule has 0 aliphatic carbocycles. The molecular weight excluding hydrogens is 282 g/mol. The number of hydrogen-bond donors (Lipinski definition) is 2. The van der Waals surface area contributed by atoms with Crippen LogP contribution in [0.2, 0.25) is 0 Å². The van der Waals surface area contributed by atoms with Crippen LogP contribution in [0, 0.1) is 0 Å². The molecule has 0 amide bonds. The number of piperidine rings is 1. The molecule has 0 radical (unpaired) electrons. The van der Waals surface area contributed by atoms with Crippen LogP contribution >= 0.6 is 0 Å². The molecule has 2 saturated heterocycles. The van der Waals surface area contributed by atoms with E-state index in [1.165, 1.54) is 10.9 Å². The van der Waals surface area contributed by atoms with Gasteiger partial charge in [0.15, 0.2) is 5.79 Å². The number of nitrogens with zero attached hydrogens (tertiary/aromatic N) is 2. The van der Waals surface area contributed by atoms with Gasteiger partial charge in [0.1, 0.15) is 0 Å². The van der Waals surface area contributed by atoms with Crippen molar-refractivity contribution in [1.82, 2.24) is 14.9 Å². The first kappa shape index (κ1) is 13.9. The quantitative estimate of drug-likeness (QED) is 0.851. The standard InChI is InChI=1S/C16H19N3O3/c20-15-11-4-1-2-5-12(11)18-10-19(15)9-16(21)8-13-14(22-16)6-3-7-17-13/h1-2,4-5,10,13-14,17,21H,3,6-9H2/t13-,14-,16-/m0/s1. The zero-order valence-electron chi connectivity index (χ0n) is 12.2. The molecular formula is C16H19N3O3. The Bertz CT molecular complexity index is 744. The minimum absolute atomic E-state index is 0.0304. The summed E-state index contributed by atoms with van der Waals surface area (Å²) in [5.41, 5.74) is 0.517. The maximum atomic E-state index is 12.5. The van der Waals surface area contributed by atoms with E-state index in [-0.39, 0.29) is 24.2 Å². The second-order valence-electron chi connectivity index (χ2n) is 6.20. The van der Waals surface area contributed by atoms with Crippen LogP contribution < -0.4 is 10.9 Å². The van der Waals surface area contributed by atoms with Crippen molar-refractivity contribution in [2.24, 2.45) is 0 Å². The molecule has 116 valence electrons. The second kappa shape index (κ2) is 5.15. The SMILES string of the molecule is O=c1c2ccccc2ncn1C[C@]1(O)C[C@@H]2NCCC[C@@H]2O1. The average Bonchev–Trinajstić information content (AvgIpc) is 2.86. The predicted octanol–water partition coefficient (Wildman–Crippen LogP) is 0.626. The summed E-state index contributed by atoms with van der Waals surface area (Å²) in [6, 6.07) is 7.39. The highest BCUT2D eigenvalue weighted by molar-refractivity contribution is 5.76. The van der Waals surface area contributed by atoms with E-state index >= 15 is 0 Å². The number of nitrogens with one attached hydrogen (secondary N) is 1. The number of hydrogen-bond acceptors (Lipinski definition) is 5. The fourth-order valence-corrected chi connectivity index (χ4v) is 3.53. The van der Waals surface area contributed by atoms with Crippen LogP contribution in [0.5, 0.6) is 0 Å². The normalized spacial score (nSPS) is 31.3. The summed E-state index contributed by atoms with van der Waals surface area (Å²) in [6.45, 7) is 1.07. The lowest BCUT2D eigenvalue weighted by atomic mass is 9.99. The van der Waals surface area contributed by atoms with Crippen LogP contribution in [0.1, 0.15) is 19.3 Å². The third-order valence-electron chi connectivity index (χ3n) is 4.58. The molecule has 0 saturated carbocycles. The lowest BCUT2D eigenvalue weighted by molar-refractivity contribution is -0.202. The van der Waals surface area contributed by atoms with Crippen molar-refractivity contribution < 1.29 is 9.84 Å². The molecule has 6 heteroatoms. The van der Waals surface area contributed by atoms with Gasteiger partial charge in [-0.1, -0.05) is 12.1 Å². The topological polar surface area (TPSA) is 76.4 Å². The van der Waals surface area contributed by atoms with Crippen LogP contribution in [0.25, 0.3) is 10.9 Å². The first-order valence-electron chi connectivity index (χ1n) is 7.72. The van der Waals surface area contributed by atoms with Crippen LogP contribution in [-0.2, 0) is 11.3 Å². The zero-order chi connectivity index (χ0) is 15.2. The summed E-state index contributed by atoms with van der Waals surface area (Å²) in [4.78, 5) is 16.8. The molecule has 6 nitrogen and oxygen atoms in total. The number of ether oxygens (including phenoxy) is 1. The van der Waals surface area contributed by atoms with E-state index in [0.29, 0.717) is 17.3 Å². The maximum absolute atomic E-state index is 12.5. The van der Waals surface area contributed by atoms with E-state index in [2.05, 4.69) is 10.3 Å². The van der Waals surface area contributed by atoms with Gasteiger partial charge < -0.3 is 15.2 Å². The molecule has 1 aromatic carbocycles. The molecule has 0 bridgehead atoms. The van der Waals surface area contributed by atoms with E-state index in [9.17, 15) is 9.90 Å². The lowest BCUT2D eigenvalue weighted by Crippen LogP contribution is -2.41. The number of fused-ring (bicyclic) bond motifs is 2. The van der Waals surface area contributed by atoms with E-state index in [4.69, 9.17) is 4.74 Å². The number of benzene rings is 1. The Morgan fingerprint density at radius 3 is 3.18 bits per heavy atom. The maximum Gasteiger partial charge on any atom is 0.261 e. The predicted molar refractivity (Wildman–Crippen MR) is 81.5 cm³/mol. The van der Waals surface area contributed by atoms with Crippen LogP contribution in [0.4, 0.5) is 0 Å². The van der Waals surface area contributed by atoms with E-state index < -0.39 is 5.79 Å². The number of aliphatic hydroxyl groups is 1. The average molecular weight is 301 g/mol. The molecule has 2 aliphatic rings. The Morgan fingerprint density at radius 1 is 1.45 bits per heavy atom.